The van der Waals surface area contributed by atoms with E-state index in [1.165, 1.54) is 17.7 Å². The Balaban J connectivity index is 1.65. The molecule has 1 saturated heterocycles. The highest BCUT2D eigenvalue weighted by Crippen LogP contribution is 2.31. The van der Waals surface area contributed by atoms with E-state index in [9.17, 15) is 4.79 Å². The van der Waals surface area contributed by atoms with Crippen molar-refractivity contribution in [3.63, 3.8) is 0 Å². The summed E-state index contributed by atoms with van der Waals surface area (Å²) in [6, 6.07) is 0.794. The van der Waals surface area contributed by atoms with Crippen molar-refractivity contribution in [2.24, 2.45) is 0 Å². The third-order valence-corrected chi connectivity index (χ3v) is 6.03. The maximum atomic E-state index is 11.9. The summed E-state index contributed by atoms with van der Waals surface area (Å²) in [5.74, 6) is 0. The molecule has 0 saturated carbocycles. The highest BCUT2D eigenvalue weighted by Gasteiger charge is 2.33. The van der Waals surface area contributed by atoms with E-state index < -0.39 is 0 Å². The second kappa shape index (κ2) is 7.05. The summed E-state index contributed by atoms with van der Waals surface area (Å²) in [5.41, 5.74) is 7.04. The molecule has 23 heavy (non-hydrogen) atoms. The molecule has 1 fully saturated rings. The van der Waals surface area contributed by atoms with Crippen molar-refractivity contribution in [2.45, 2.75) is 51.1 Å². The molecule has 0 aromatic carbocycles. The van der Waals surface area contributed by atoms with E-state index in [0.29, 0.717) is 11.2 Å². The first kappa shape index (κ1) is 16.5. The number of nitrogen functional groups attached to an aromatic ring is 1. The predicted molar refractivity (Wildman–Crippen MR) is 91.7 cm³/mol. The zero-order valence-electron chi connectivity index (χ0n) is 14.0. The quantitative estimate of drug-likeness (QED) is 0.910. The maximum absolute atomic E-state index is 11.9. The molecular formula is C16H26N4O2S. The molecule has 7 heteroatoms. The zero-order chi connectivity index (χ0) is 16.4. The summed E-state index contributed by atoms with van der Waals surface area (Å²) in [6.45, 7) is 4.95. The average molecular weight is 338 g/mol. The number of aryl methyl sites for hydroxylation is 1. The minimum atomic E-state index is -0.190. The van der Waals surface area contributed by atoms with Crippen LogP contribution in [-0.4, -0.2) is 59.7 Å². The van der Waals surface area contributed by atoms with Gasteiger partial charge in [-0.2, -0.15) is 0 Å². The van der Waals surface area contributed by atoms with Crippen LogP contribution in [-0.2, 0) is 17.6 Å². The van der Waals surface area contributed by atoms with Crippen LogP contribution in [0.25, 0.3) is 0 Å². The number of hydrogen-bond acceptors (Lipinski definition) is 6. The molecule has 0 radical (unpaired) electrons. The topological polar surface area (TPSA) is 71.7 Å². The third kappa shape index (κ3) is 3.45. The largest absolute Gasteiger partial charge is 0.453 e. The third-order valence-electron chi connectivity index (χ3n) is 5.08. The Kier molecular flexibility index (Phi) is 5.06. The van der Waals surface area contributed by atoms with Gasteiger partial charge in [0.05, 0.1) is 12.8 Å². The van der Waals surface area contributed by atoms with E-state index in [0.717, 1.165) is 51.7 Å². The molecule has 0 bridgehead atoms. The Morgan fingerprint density at radius 2 is 2.35 bits per heavy atom. The zero-order valence-corrected chi connectivity index (χ0v) is 14.8. The fourth-order valence-electron chi connectivity index (χ4n) is 3.88. The molecule has 1 aromatic rings. The number of anilines is 1. The van der Waals surface area contributed by atoms with Gasteiger partial charge < -0.3 is 15.4 Å². The van der Waals surface area contributed by atoms with E-state index in [2.05, 4.69) is 16.8 Å². The molecule has 1 amide bonds. The Morgan fingerprint density at radius 1 is 1.52 bits per heavy atom. The van der Waals surface area contributed by atoms with E-state index >= 15 is 0 Å². The van der Waals surface area contributed by atoms with Gasteiger partial charge in [-0.1, -0.05) is 6.92 Å². The second-order valence-corrected chi connectivity index (χ2v) is 7.48. The smallest absolute Gasteiger partial charge is 0.409 e. The van der Waals surface area contributed by atoms with Gasteiger partial charge in [-0.3, -0.25) is 4.90 Å². The van der Waals surface area contributed by atoms with Crippen molar-refractivity contribution in [3.05, 3.63) is 10.6 Å². The predicted octanol–water partition coefficient (Wildman–Crippen LogP) is 2.14. The molecule has 3 rings (SSSR count). The lowest BCUT2D eigenvalue weighted by atomic mass is 9.95. The van der Waals surface area contributed by atoms with Gasteiger partial charge in [0, 0.05) is 30.1 Å². The minimum Gasteiger partial charge on any atom is -0.453 e. The van der Waals surface area contributed by atoms with E-state index in [1.807, 2.05) is 4.90 Å². The number of ether oxygens (including phenoxy) is 1. The standard InChI is InChI=1S/C16H26N4O2S/c1-3-19(10-12-5-4-8-20(12)16(21)22-2)11-6-7-13-14(9-11)23-15(17)18-13/h11-12H,3-10H2,1-2H3,(H2,17,18). The molecule has 2 atom stereocenters. The number of amides is 1. The Hall–Kier alpha value is -1.34. The fourth-order valence-corrected chi connectivity index (χ4v) is 4.83. The van der Waals surface area contributed by atoms with E-state index in [4.69, 9.17) is 10.5 Å². The fraction of sp³-hybridized carbons (Fsp3) is 0.750. The summed E-state index contributed by atoms with van der Waals surface area (Å²) in [6.07, 6.45) is 5.10. The second-order valence-electron chi connectivity index (χ2n) is 6.37. The average Bonchev–Trinajstić information content (AvgIpc) is 3.16. The van der Waals surface area contributed by atoms with Gasteiger partial charge in [-0.15, -0.1) is 11.3 Å². The lowest BCUT2D eigenvalue weighted by Gasteiger charge is -2.36. The highest BCUT2D eigenvalue weighted by atomic mass is 32.1. The van der Waals surface area contributed by atoms with Crippen molar-refractivity contribution in [1.29, 1.82) is 0 Å². The van der Waals surface area contributed by atoms with E-state index in [-0.39, 0.29) is 12.1 Å². The van der Waals surface area contributed by atoms with Crippen LogP contribution in [0.1, 0.15) is 36.8 Å². The van der Waals surface area contributed by atoms with Crippen LogP contribution in [0.15, 0.2) is 0 Å². The number of thiazole rings is 1. The van der Waals surface area contributed by atoms with Gasteiger partial charge in [0.15, 0.2) is 5.13 Å². The van der Waals surface area contributed by atoms with Gasteiger partial charge >= 0.3 is 6.09 Å². The normalized spacial score (nSPS) is 24.0. The molecule has 2 unspecified atom stereocenters. The minimum absolute atomic E-state index is 0.190. The molecule has 6 nitrogen and oxygen atoms in total. The Bertz CT molecular complexity index is 562. The summed E-state index contributed by atoms with van der Waals surface area (Å²) in [4.78, 5) is 22.1. The summed E-state index contributed by atoms with van der Waals surface area (Å²) < 4.78 is 4.92. The number of aromatic nitrogens is 1. The maximum Gasteiger partial charge on any atom is 0.409 e. The van der Waals surface area contributed by atoms with Crippen LogP contribution in [0.2, 0.25) is 0 Å². The first-order valence-corrected chi connectivity index (χ1v) is 9.26. The van der Waals surface area contributed by atoms with Gasteiger partial charge in [0.1, 0.15) is 0 Å². The van der Waals surface area contributed by atoms with Crippen molar-refractivity contribution >= 4 is 22.6 Å². The first-order valence-electron chi connectivity index (χ1n) is 8.45. The van der Waals surface area contributed by atoms with Crippen LogP contribution < -0.4 is 5.73 Å². The monoisotopic (exact) mass is 338 g/mol. The number of likely N-dealkylation sites (tertiary alicyclic amines) is 1. The van der Waals surface area contributed by atoms with Crippen LogP contribution >= 0.6 is 11.3 Å². The van der Waals surface area contributed by atoms with Gasteiger partial charge in [-0.05, 0) is 38.6 Å². The number of nitrogens with zero attached hydrogens (tertiary/aromatic N) is 3. The number of carbonyl (C=O) groups is 1. The SMILES string of the molecule is CCN(CC1CCCN1C(=O)OC)C1CCc2nc(N)sc2C1. The van der Waals surface area contributed by atoms with Crippen molar-refractivity contribution in [3.8, 4) is 0 Å². The number of nitrogens with two attached hydrogens (primary N) is 1. The number of hydrogen-bond donors (Lipinski definition) is 1. The summed E-state index contributed by atoms with van der Waals surface area (Å²) in [7, 11) is 1.46. The number of likely N-dealkylation sites (N-methyl/N-ethyl adjacent to an activating group) is 1. The molecular weight excluding hydrogens is 312 g/mol. The highest BCUT2D eigenvalue weighted by molar-refractivity contribution is 7.15. The molecule has 128 valence electrons. The first-order chi connectivity index (χ1) is 11.1. The number of carbonyl (C=O) groups excluding carboxylic acids is 1. The van der Waals surface area contributed by atoms with Crippen LogP contribution in [0, 0.1) is 0 Å². The van der Waals surface area contributed by atoms with Gasteiger partial charge in [-0.25, -0.2) is 9.78 Å². The summed E-state index contributed by atoms with van der Waals surface area (Å²) in [5, 5.41) is 0.686. The number of methoxy groups -OCH3 is 1. The van der Waals surface area contributed by atoms with Crippen LogP contribution in [0.5, 0.6) is 0 Å². The van der Waals surface area contributed by atoms with Gasteiger partial charge in [0.2, 0.25) is 0 Å². The van der Waals surface area contributed by atoms with Crippen molar-refractivity contribution in [1.82, 2.24) is 14.8 Å². The van der Waals surface area contributed by atoms with Crippen LogP contribution in [0.4, 0.5) is 9.93 Å². The molecule has 0 spiro atoms. The lowest BCUT2D eigenvalue weighted by molar-refractivity contribution is 0.0967. The Morgan fingerprint density at radius 3 is 3.09 bits per heavy atom. The summed E-state index contributed by atoms with van der Waals surface area (Å²) >= 11 is 1.63. The van der Waals surface area contributed by atoms with Crippen molar-refractivity contribution < 1.29 is 9.53 Å². The molecule has 1 aliphatic carbocycles. The number of rotatable bonds is 4. The molecule has 1 aromatic heterocycles. The Labute approximate surface area is 141 Å². The molecule has 2 heterocycles. The van der Waals surface area contributed by atoms with Gasteiger partial charge in [0.25, 0.3) is 0 Å². The molecule has 1 aliphatic heterocycles. The van der Waals surface area contributed by atoms with Crippen molar-refractivity contribution in [2.75, 3.05) is 32.5 Å². The van der Waals surface area contributed by atoms with E-state index in [1.54, 1.807) is 11.3 Å². The van der Waals surface area contributed by atoms with Crippen LogP contribution in [0.3, 0.4) is 0 Å². The molecule has 2 N–H and O–H groups in total. The molecule has 2 aliphatic rings. The number of fused-ring (bicyclic) bond motifs is 1. The lowest BCUT2D eigenvalue weighted by Crippen LogP contribution is -2.48.